The van der Waals surface area contributed by atoms with Crippen molar-refractivity contribution < 1.29 is 4.79 Å². The van der Waals surface area contributed by atoms with Gasteiger partial charge in [-0.3, -0.25) is 9.59 Å². The van der Waals surface area contributed by atoms with E-state index in [0.717, 1.165) is 0 Å². The van der Waals surface area contributed by atoms with Crippen LogP contribution in [0.3, 0.4) is 0 Å². The zero-order valence-corrected chi connectivity index (χ0v) is 8.65. The summed E-state index contributed by atoms with van der Waals surface area (Å²) in [6.07, 6.45) is 2.85. The summed E-state index contributed by atoms with van der Waals surface area (Å²) in [4.78, 5) is 28.6. The Bertz CT molecular complexity index is 399. The molecule has 1 unspecified atom stereocenters. The predicted molar refractivity (Wildman–Crippen MR) is 56.3 cm³/mol. The van der Waals surface area contributed by atoms with Gasteiger partial charge in [0.25, 0.3) is 5.56 Å². The molecule has 0 saturated heterocycles. The van der Waals surface area contributed by atoms with Gasteiger partial charge in [-0.15, -0.1) is 0 Å². The van der Waals surface area contributed by atoms with Crippen molar-refractivity contribution in [2.75, 3.05) is 5.32 Å². The number of aromatic nitrogens is 2. The van der Waals surface area contributed by atoms with Crippen LogP contribution in [-0.4, -0.2) is 21.9 Å². The van der Waals surface area contributed by atoms with Gasteiger partial charge in [0.05, 0.1) is 0 Å². The number of H-pyrrole nitrogens is 1. The Morgan fingerprint density at radius 3 is 2.73 bits per heavy atom. The number of primary amides is 1. The van der Waals surface area contributed by atoms with Crippen LogP contribution >= 0.6 is 0 Å². The summed E-state index contributed by atoms with van der Waals surface area (Å²) in [5.74, 6) is -0.408. The highest BCUT2D eigenvalue weighted by molar-refractivity contribution is 5.82. The summed E-state index contributed by atoms with van der Waals surface area (Å²) in [6, 6.07) is -0.596. The molecular weight excluding hydrogens is 196 g/mol. The van der Waals surface area contributed by atoms with E-state index in [1.165, 1.54) is 12.4 Å². The summed E-state index contributed by atoms with van der Waals surface area (Å²) < 4.78 is 0. The van der Waals surface area contributed by atoms with Crippen molar-refractivity contribution >= 4 is 11.7 Å². The third-order valence-electron chi connectivity index (χ3n) is 1.97. The van der Waals surface area contributed by atoms with Gasteiger partial charge in [-0.05, 0) is 5.92 Å². The van der Waals surface area contributed by atoms with Gasteiger partial charge >= 0.3 is 0 Å². The Hall–Kier alpha value is -1.85. The van der Waals surface area contributed by atoms with E-state index in [1.807, 2.05) is 13.8 Å². The second-order valence-electron chi connectivity index (χ2n) is 3.54. The van der Waals surface area contributed by atoms with Crippen molar-refractivity contribution in [3.05, 3.63) is 22.7 Å². The van der Waals surface area contributed by atoms with E-state index in [2.05, 4.69) is 15.3 Å². The summed E-state index contributed by atoms with van der Waals surface area (Å²) >= 11 is 0. The number of hydrogen-bond acceptors (Lipinski definition) is 4. The summed E-state index contributed by atoms with van der Waals surface area (Å²) in [5.41, 5.74) is 4.82. The smallest absolute Gasteiger partial charge is 0.290 e. The lowest BCUT2D eigenvalue weighted by Gasteiger charge is -2.18. The molecule has 1 heterocycles. The largest absolute Gasteiger partial charge is 0.368 e. The van der Waals surface area contributed by atoms with Crippen LogP contribution in [0.15, 0.2) is 17.2 Å². The van der Waals surface area contributed by atoms with Crippen molar-refractivity contribution in [2.24, 2.45) is 11.7 Å². The minimum absolute atomic E-state index is 0.0103. The topological polar surface area (TPSA) is 101 Å². The third kappa shape index (κ3) is 2.80. The molecule has 15 heavy (non-hydrogen) atoms. The fraction of sp³-hybridized carbons (Fsp3) is 0.444. The van der Waals surface area contributed by atoms with Crippen molar-refractivity contribution in [3.63, 3.8) is 0 Å². The third-order valence-corrected chi connectivity index (χ3v) is 1.97. The number of carbonyl (C=O) groups is 1. The highest BCUT2D eigenvalue weighted by Crippen LogP contribution is 2.05. The van der Waals surface area contributed by atoms with E-state index >= 15 is 0 Å². The molecule has 0 bridgehead atoms. The van der Waals surface area contributed by atoms with Gasteiger partial charge in [0.2, 0.25) is 5.91 Å². The SMILES string of the molecule is CC(C)C(Nc1ncc[nH]c1=O)C(N)=O. The first-order valence-corrected chi connectivity index (χ1v) is 4.62. The molecule has 1 atom stereocenters. The number of aromatic amines is 1. The normalized spacial score (nSPS) is 12.5. The molecule has 0 fully saturated rings. The number of nitrogens with one attached hydrogen (secondary N) is 2. The lowest BCUT2D eigenvalue weighted by atomic mass is 10.0. The molecule has 6 nitrogen and oxygen atoms in total. The summed E-state index contributed by atoms with van der Waals surface area (Å²) in [5, 5.41) is 2.72. The Labute approximate surface area is 86.9 Å². The van der Waals surface area contributed by atoms with E-state index in [4.69, 9.17) is 5.73 Å². The molecule has 82 valence electrons. The van der Waals surface area contributed by atoms with Gasteiger partial charge in [-0.1, -0.05) is 13.8 Å². The highest BCUT2D eigenvalue weighted by Gasteiger charge is 2.20. The molecule has 0 aliphatic carbocycles. The monoisotopic (exact) mass is 210 g/mol. The van der Waals surface area contributed by atoms with Crippen LogP contribution in [-0.2, 0) is 4.79 Å². The lowest BCUT2D eigenvalue weighted by molar-refractivity contribution is -0.119. The van der Waals surface area contributed by atoms with E-state index in [0.29, 0.717) is 0 Å². The number of amides is 1. The minimum Gasteiger partial charge on any atom is -0.368 e. The average molecular weight is 210 g/mol. The van der Waals surface area contributed by atoms with Gasteiger partial charge in [-0.25, -0.2) is 4.98 Å². The Morgan fingerprint density at radius 1 is 1.60 bits per heavy atom. The zero-order chi connectivity index (χ0) is 11.4. The molecule has 1 amide bonds. The summed E-state index contributed by atoms with van der Waals surface area (Å²) in [6.45, 7) is 3.67. The molecule has 6 heteroatoms. The van der Waals surface area contributed by atoms with Gasteiger partial charge in [-0.2, -0.15) is 0 Å². The van der Waals surface area contributed by atoms with Crippen LogP contribution in [0.2, 0.25) is 0 Å². The summed E-state index contributed by atoms with van der Waals surface area (Å²) in [7, 11) is 0. The second-order valence-corrected chi connectivity index (χ2v) is 3.54. The molecule has 0 radical (unpaired) electrons. The fourth-order valence-electron chi connectivity index (χ4n) is 1.17. The molecule has 1 rings (SSSR count). The molecule has 0 aliphatic heterocycles. The molecular formula is C9H14N4O2. The average Bonchev–Trinajstić information content (AvgIpc) is 2.15. The Morgan fingerprint density at radius 2 is 2.27 bits per heavy atom. The second kappa shape index (κ2) is 4.59. The van der Waals surface area contributed by atoms with Crippen molar-refractivity contribution in [1.82, 2.24) is 9.97 Å². The number of anilines is 1. The molecule has 0 aliphatic rings. The van der Waals surface area contributed by atoms with Crippen molar-refractivity contribution in [3.8, 4) is 0 Å². The van der Waals surface area contributed by atoms with Gasteiger partial charge in [0, 0.05) is 12.4 Å². The molecule has 0 spiro atoms. The predicted octanol–water partition coefficient (Wildman–Crippen LogP) is -0.308. The maximum atomic E-state index is 11.3. The van der Waals surface area contributed by atoms with Crippen LogP contribution in [0.1, 0.15) is 13.8 Å². The van der Waals surface area contributed by atoms with Crippen LogP contribution in [0, 0.1) is 5.92 Å². The highest BCUT2D eigenvalue weighted by atomic mass is 16.1. The lowest BCUT2D eigenvalue weighted by Crippen LogP contribution is -2.41. The van der Waals surface area contributed by atoms with Gasteiger partial charge < -0.3 is 16.0 Å². The number of carbonyl (C=O) groups excluding carboxylic acids is 1. The Balaban J connectivity index is 2.89. The molecule has 1 aromatic heterocycles. The molecule has 1 aromatic rings. The van der Waals surface area contributed by atoms with Crippen LogP contribution in [0.25, 0.3) is 0 Å². The standard InChI is InChI=1S/C9H14N4O2/c1-5(2)6(7(10)14)13-8-9(15)12-4-3-11-8/h3-6H,1-2H3,(H2,10,14)(H,11,13)(H,12,15). The first-order valence-electron chi connectivity index (χ1n) is 4.62. The molecule has 0 saturated carbocycles. The quantitative estimate of drug-likeness (QED) is 0.634. The molecule has 4 N–H and O–H groups in total. The van der Waals surface area contributed by atoms with E-state index in [9.17, 15) is 9.59 Å². The number of nitrogens with two attached hydrogens (primary N) is 1. The van der Waals surface area contributed by atoms with Crippen molar-refractivity contribution in [2.45, 2.75) is 19.9 Å². The first kappa shape index (κ1) is 11.2. The van der Waals surface area contributed by atoms with Crippen LogP contribution in [0.4, 0.5) is 5.82 Å². The zero-order valence-electron chi connectivity index (χ0n) is 8.65. The van der Waals surface area contributed by atoms with Crippen LogP contribution in [0.5, 0.6) is 0 Å². The van der Waals surface area contributed by atoms with Gasteiger partial charge in [0.1, 0.15) is 6.04 Å². The Kier molecular flexibility index (Phi) is 3.43. The number of rotatable bonds is 4. The number of hydrogen-bond donors (Lipinski definition) is 3. The van der Waals surface area contributed by atoms with Gasteiger partial charge in [0.15, 0.2) is 5.82 Å². The maximum absolute atomic E-state index is 11.3. The number of nitrogens with zero attached hydrogens (tertiary/aromatic N) is 1. The van der Waals surface area contributed by atoms with Crippen molar-refractivity contribution in [1.29, 1.82) is 0 Å². The van der Waals surface area contributed by atoms with E-state index in [-0.39, 0.29) is 17.3 Å². The van der Waals surface area contributed by atoms with E-state index < -0.39 is 11.9 Å². The fourth-order valence-corrected chi connectivity index (χ4v) is 1.17. The van der Waals surface area contributed by atoms with E-state index in [1.54, 1.807) is 0 Å². The minimum atomic E-state index is -0.596. The molecule has 0 aromatic carbocycles. The first-order chi connectivity index (χ1) is 7.02. The van der Waals surface area contributed by atoms with Crippen LogP contribution < -0.4 is 16.6 Å². The maximum Gasteiger partial charge on any atom is 0.290 e.